The summed E-state index contributed by atoms with van der Waals surface area (Å²) < 4.78 is 38.1. The molecule has 42 heavy (non-hydrogen) atoms. The van der Waals surface area contributed by atoms with Gasteiger partial charge in [0.1, 0.15) is 29.2 Å². The highest BCUT2D eigenvalue weighted by molar-refractivity contribution is 5.77. The van der Waals surface area contributed by atoms with Gasteiger partial charge in [0.15, 0.2) is 0 Å². The van der Waals surface area contributed by atoms with Crippen LogP contribution in [0.25, 0.3) is 0 Å². The van der Waals surface area contributed by atoms with E-state index in [-0.39, 0.29) is 12.0 Å². The number of nitrogens with one attached hydrogen (secondary N) is 1. The van der Waals surface area contributed by atoms with Crippen LogP contribution in [0.5, 0.6) is 11.5 Å². The number of nitrogens with zero attached hydrogens (tertiary/aromatic N) is 2. The molecule has 1 fully saturated rings. The highest BCUT2D eigenvalue weighted by atomic mass is 19.1. The maximum atomic E-state index is 14.7. The summed E-state index contributed by atoms with van der Waals surface area (Å²) in [6.45, 7) is 6.93. The van der Waals surface area contributed by atoms with Crippen LogP contribution in [0.3, 0.4) is 0 Å². The van der Waals surface area contributed by atoms with E-state index in [4.69, 9.17) is 23.9 Å². The number of carbonyl (C=O) groups is 1. The van der Waals surface area contributed by atoms with Gasteiger partial charge in [0.25, 0.3) is 0 Å². The molecule has 0 spiro atoms. The number of hydrogen-bond acceptors (Lipinski definition) is 8. The van der Waals surface area contributed by atoms with Gasteiger partial charge < -0.3 is 29.4 Å². The maximum Gasteiger partial charge on any atom is 0.325 e. The highest BCUT2D eigenvalue weighted by Crippen LogP contribution is 2.40. The van der Waals surface area contributed by atoms with Crippen LogP contribution in [-0.4, -0.2) is 79.7 Å². The highest BCUT2D eigenvalue weighted by Gasteiger charge is 2.40. The molecule has 0 saturated carbocycles. The quantitative estimate of drug-likeness (QED) is 0.340. The zero-order valence-corrected chi connectivity index (χ0v) is 25.2. The summed E-state index contributed by atoms with van der Waals surface area (Å²) in [5.41, 5.74) is 2.91. The molecule has 0 amide bonds. The summed E-state index contributed by atoms with van der Waals surface area (Å²) in [7, 11) is 3.36. The van der Waals surface area contributed by atoms with Crippen LogP contribution in [0.2, 0.25) is 0 Å². The predicted octanol–water partition coefficient (Wildman–Crippen LogP) is 4.80. The van der Waals surface area contributed by atoms with Crippen molar-refractivity contribution in [1.29, 1.82) is 0 Å². The third kappa shape index (κ3) is 6.66. The number of aliphatic carboxylic acids is 1. The van der Waals surface area contributed by atoms with E-state index in [1.807, 2.05) is 24.8 Å². The van der Waals surface area contributed by atoms with Gasteiger partial charge in [-0.25, -0.2) is 9.37 Å². The molecule has 5 rings (SSSR count). The molecule has 10 heteroatoms. The molecule has 2 aromatic rings. The van der Waals surface area contributed by atoms with Crippen LogP contribution in [0.4, 0.5) is 10.2 Å². The number of unbranched alkanes of at least 4 members (excludes halogenated alkanes) is 1. The first-order chi connectivity index (χ1) is 20.2. The fourth-order valence-corrected chi connectivity index (χ4v) is 6.37. The minimum Gasteiger partial charge on any atom is -0.496 e. The molecule has 2 unspecified atom stereocenters. The number of carboxylic acids is 1. The van der Waals surface area contributed by atoms with Crippen molar-refractivity contribution in [2.24, 2.45) is 5.92 Å². The molecule has 1 saturated heterocycles. The Kier molecular flexibility index (Phi) is 9.54. The van der Waals surface area contributed by atoms with Gasteiger partial charge in [-0.3, -0.25) is 9.69 Å². The average molecular weight is 586 g/mol. The Morgan fingerprint density at radius 3 is 2.86 bits per heavy atom. The molecule has 0 bridgehead atoms. The summed E-state index contributed by atoms with van der Waals surface area (Å²) in [6.07, 6.45) is 5.92. The number of hydrogen-bond donors (Lipinski definition) is 2. The Morgan fingerprint density at radius 2 is 2.10 bits per heavy atom. The summed E-state index contributed by atoms with van der Waals surface area (Å²) in [4.78, 5) is 19.3. The van der Waals surface area contributed by atoms with Crippen LogP contribution in [-0.2, 0) is 33.5 Å². The summed E-state index contributed by atoms with van der Waals surface area (Å²) in [5, 5.41) is 13.7. The van der Waals surface area contributed by atoms with Crippen molar-refractivity contribution in [3.63, 3.8) is 0 Å². The lowest BCUT2D eigenvalue weighted by molar-refractivity contribution is -0.143. The van der Waals surface area contributed by atoms with Crippen LogP contribution >= 0.6 is 0 Å². The first-order valence-electron chi connectivity index (χ1n) is 15.1. The molecule has 3 atom stereocenters. The molecule has 3 aliphatic rings. The number of ether oxygens (including phenoxy) is 4. The second-order valence-corrected chi connectivity index (χ2v) is 12.1. The third-order valence-electron chi connectivity index (χ3n) is 9.11. The molecule has 9 nitrogen and oxygen atoms in total. The van der Waals surface area contributed by atoms with E-state index < -0.39 is 23.4 Å². The van der Waals surface area contributed by atoms with E-state index in [2.05, 4.69) is 5.32 Å². The van der Waals surface area contributed by atoms with E-state index in [9.17, 15) is 14.3 Å². The Labute approximate surface area is 247 Å². The first kappa shape index (κ1) is 30.5. The van der Waals surface area contributed by atoms with E-state index >= 15 is 0 Å². The summed E-state index contributed by atoms with van der Waals surface area (Å²) >= 11 is 0. The Balaban J connectivity index is 1.17. The number of methoxy groups -OCH3 is 2. The molecular formula is C32H44FN3O6. The number of carboxylic acid groups (broad SMARTS) is 1. The monoisotopic (exact) mass is 585 g/mol. The van der Waals surface area contributed by atoms with Crippen molar-refractivity contribution in [3.8, 4) is 11.5 Å². The lowest BCUT2D eigenvalue weighted by Crippen LogP contribution is -2.41. The molecule has 2 N–H and O–H groups in total. The largest absolute Gasteiger partial charge is 0.496 e. The molecule has 1 aromatic carbocycles. The van der Waals surface area contributed by atoms with Gasteiger partial charge in [-0.1, -0.05) is 0 Å². The second kappa shape index (κ2) is 13.1. The van der Waals surface area contributed by atoms with Gasteiger partial charge in [-0.15, -0.1) is 0 Å². The molecule has 4 heterocycles. The Hall–Kier alpha value is -2.95. The number of pyridine rings is 1. The van der Waals surface area contributed by atoms with Crippen molar-refractivity contribution in [2.45, 2.75) is 76.5 Å². The molecule has 0 radical (unpaired) electrons. The number of anilines is 1. The van der Waals surface area contributed by atoms with E-state index in [1.165, 1.54) is 12.1 Å². The van der Waals surface area contributed by atoms with Gasteiger partial charge in [-0.2, -0.15) is 0 Å². The predicted molar refractivity (Wildman–Crippen MR) is 157 cm³/mol. The minimum absolute atomic E-state index is 0.0113. The van der Waals surface area contributed by atoms with Crippen LogP contribution in [0.1, 0.15) is 68.0 Å². The lowest BCUT2D eigenvalue weighted by Gasteiger charge is -2.38. The molecule has 3 aliphatic heterocycles. The van der Waals surface area contributed by atoms with Crippen molar-refractivity contribution >= 4 is 11.8 Å². The molecule has 0 aliphatic carbocycles. The minimum atomic E-state index is -1.00. The smallest absolute Gasteiger partial charge is 0.325 e. The zero-order chi connectivity index (χ0) is 29.9. The zero-order valence-electron chi connectivity index (χ0n) is 25.2. The first-order valence-corrected chi connectivity index (χ1v) is 15.1. The fraction of sp³-hybridized carbons (Fsp3) is 0.625. The standard InChI is InChI=1S/C32H44FN3O6/c1-32(2,40-4)20-14-25-26(15-21(33)16-28(25)42-19-20)29(31(37)38)36-12-10-23(18-36)41-13-6-5-8-22-17-27(39-3)24-9-7-11-34-30(24)35-22/h15-17,20,23,29H,5-14,18-19H2,1-4H3,(H,34,35)(H,37,38)/t20?,23-,29?/m1/s1. The van der Waals surface area contributed by atoms with Crippen molar-refractivity contribution < 1.29 is 33.2 Å². The fourth-order valence-electron chi connectivity index (χ4n) is 6.37. The van der Waals surface area contributed by atoms with E-state index in [1.54, 1.807) is 14.2 Å². The summed E-state index contributed by atoms with van der Waals surface area (Å²) in [6, 6.07) is 3.78. The lowest BCUT2D eigenvalue weighted by atomic mass is 9.81. The van der Waals surface area contributed by atoms with Crippen LogP contribution < -0.4 is 14.8 Å². The SMILES string of the molecule is COc1cc(CCCCO[C@@H]2CCN(C(C(=O)O)c3cc(F)cc4c3CC(C(C)(C)OC)CO4)C2)nc2c1CCCN2. The second-order valence-electron chi connectivity index (χ2n) is 12.1. The number of benzene rings is 1. The number of aryl methyl sites for hydroxylation is 1. The molecule has 230 valence electrons. The Morgan fingerprint density at radius 1 is 1.26 bits per heavy atom. The van der Waals surface area contributed by atoms with Gasteiger partial charge >= 0.3 is 5.97 Å². The Bertz CT molecular complexity index is 1250. The third-order valence-corrected chi connectivity index (χ3v) is 9.11. The van der Waals surface area contributed by atoms with Crippen LogP contribution in [0.15, 0.2) is 18.2 Å². The number of aromatic nitrogens is 1. The normalized spacial score (nSPS) is 21.2. The van der Waals surface area contributed by atoms with Gasteiger partial charge in [0.2, 0.25) is 0 Å². The maximum absolute atomic E-state index is 14.7. The van der Waals surface area contributed by atoms with Crippen molar-refractivity contribution in [3.05, 3.63) is 46.4 Å². The van der Waals surface area contributed by atoms with Crippen LogP contribution in [0, 0.1) is 11.7 Å². The molecule has 1 aromatic heterocycles. The molecular weight excluding hydrogens is 541 g/mol. The topological polar surface area (TPSA) is 102 Å². The van der Waals surface area contributed by atoms with Gasteiger partial charge in [0.05, 0.1) is 25.4 Å². The van der Waals surface area contributed by atoms with E-state index in [0.717, 1.165) is 73.5 Å². The number of halogens is 1. The van der Waals surface area contributed by atoms with Crippen molar-refractivity contribution in [1.82, 2.24) is 9.88 Å². The number of rotatable bonds is 12. The number of fused-ring (bicyclic) bond motifs is 2. The van der Waals surface area contributed by atoms with E-state index in [0.29, 0.717) is 44.0 Å². The number of likely N-dealkylation sites (tertiary alicyclic amines) is 1. The van der Waals surface area contributed by atoms with Crippen molar-refractivity contribution in [2.75, 3.05) is 52.4 Å². The van der Waals surface area contributed by atoms with Gasteiger partial charge in [-0.05, 0) is 70.4 Å². The average Bonchev–Trinajstić information content (AvgIpc) is 3.44. The van der Waals surface area contributed by atoms with Gasteiger partial charge in [0, 0.05) is 68.2 Å². The summed E-state index contributed by atoms with van der Waals surface area (Å²) in [5.74, 6) is 0.786.